The number of Topliss-reactive ketones (excluding diaryl/α,β-unsaturated/α-hetero) is 2. The highest BCUT2D eigenvalue weighted by atomic mass is 16.5. The lowest BCUT2D eigenvalue weighted by atomic mass is 9.37. The molecule has 3 unspecified atom stereocenters. The Morgan fingerprint density at radius 3 is 2.13 bits per heavy atom. The molecule has 1 aromatic rings. The van der Waals surface area contributed by atoms with E-state index in [1.54, 1.807) is 13.8 Å². The molecule has 0 saturated heterocycles. The summed E-state index contributed by atoms with van der Waals surface area (Å²) in [6.45, 7) is 3.38. The first-order chi connectivity index (χ1) is 14.5. The molecule has 3 nitrogen and oxygen atoms in total. The third-order valence-electron chi connectivity index (χ3n) is 9.17. The summed E-state index contributed by atoms with van der Waals surface area (Å²) in [5.41, 5.74) is 2.63. The van der Waals surface area contributed by atoms with Crippen LogP contribution in [-0.4, -0.2) is 17.7 Å². The van der Waals surface area contributed by atoms with Crippen molar-refractivity contribution in [2.75, 3.05) is 0 Å². The maximum absolute atomic E-state index is 13.4. The molecule has 1 aliphatic heterocycles. The van der Waals surface area contributed by atoms with Crippen LogP contribution in [0.15, 0.2) is 48.2 Å². The minimum absolute atomic E-state index is 0.0280. The molecule has 1 spiro atoms. The van der Waals surface area contributed by atoms with Gasteiger partial charge < -0.3 is 4.74 Å². The number of hydrogen-bond acceptors (Lipinski definition) is 3. The number of allylic oxidation sites excluding steroid dienone is 1. The number of hydrogen-bond donors (Lipinski definition) is 0. The topological polar surface area (TPSA) is 43.4 Å². The molecule has 30 heavy (non-hydrogen) atoms. The molecule has 6 aliphatic rings. The van der Waals surface area contributed by atoms with Crippen LogP contribution in [0.2, 0.25) is 0 Å². The second-order valence-electron chi connectivity index (χ2n) is 10.5. The molecule has 3 atom stereocenters. The van der Waals surface area contributed by atoms with Gasteiger partial charge in [-0.15, -0.1) is 0 Å². The van der Waals surface area contributed by atoms with Crippen LogP contribution < -0.4 is 0 Å². The minimum Gasteiger partial charge on any atom is -0.497 e. The van der Waals surface area contributed by atoms with E-state index in [2.05, 4.69) is 18.2 Å². The van der Waals surface area contributed by atoms with Gasteiger partial charge in [0.25, 0.3) is 0 Å². The zero-order valence-electron chi connectivity index (χ0n) is 17.8. The first-order valence-corrected chi connectivity index (χ1v) is 11.6. The van der Waals surface area contributed by atoms with Gasteiger partial charge in [-0.2, -0.15) is 0 Å². The number of carbonyl (C=O) groups excluding carboxylic acids is 2. The largest absolute Gasteiger partial charge is 0.497 e. The molecular weight excluding hydrogens is 372 g/mol. The fourth-order valence-electron chi connectivity index (χ4n) is 8.68. The van der Waals surface area contributed by atoms with Crippen molar-refractivity contribution in [3.63, 3.8) is 0 Å². The SMILES string of the molecule is CC(=O)C1=C(c2ccccc2)C2C=COC2C2(C3CC4CC(C3)CC2C4)C1C(C)=O. The molecule has 7 rings (SSSR count). The summed E-state index contributed by atoms with van der Waals surface area (Å²) in [7, 11) is 0. The van der Waals surface area contributed by atoms with Crippen LogP contribution >= 0.6 is 0 Å². The second kappa shape index (κ2) is 6.42. The Morgan fingerprint density at radius 2 is 1.57 bits per heavy atom. The Kier molecular flexibility index (Phi) is 3.98. The summed E-state index contributed by atoms with van der Waals surface area (Å²) in [5, 5.41) is 0. The van der Waals surface area contributed by atoms with Crippen molar-refractivity contribution in [3.8, 4) is 0 Å². The summed E-state index contributed by atoms with van der Waals surface area (Å²) in [5.74, 6) is 2.50. The Balaban J connectivity index is 1.63. The minimum atomic E-state index is -0.346. The highest BCUT2D eigenvalue weighted by molar-refractivity contribution is 6.08. The van der Waals surface area contributed by atoms with Crippen molar-refractivity contribution >= 4 is 17.1 Å². The fraction of sp³-hybridized carbons (Fsp3) is 0.556. The number of rotatable bonds is 3. The van der Waals surface area contributed by atoms with Gasteiger partial charge in [0.1, 0.15) is 11.9 Å². The van der Waals surface area contributed by atoms with Crippen molar-refractivity contribution in [1.29, 1.82) is 0 Å². The van der Waals surface area contributed by atoms with Crippen LogP contribution in [0.25, 0.3) is 5.57 Å². The van der Waals surface area contributed by atoms with Gasteiger partial charge in [0.15, 0.2) is 5.78 Å². The standard InChI is InChI=1S/C27H30O3/c1-15(28)23-24(19-6-4-3-5-7-19)22-8-9-30-26(22)27(25(23)16(2)29)20-11-17-10-18(13-20)14-21(27)12-17/h3-9,17-18,20-22,25-26H,10-14H2,1-2H3. The normalized spacial score (nSPS) is 43.1. The second-order valence-corrected chi connectivity index (χ2v) is 10.5. The number of ether oxygens (including phenoxy) is 1. The van der Waals surface area contributed by atoms with Crippen LogP contribution in [0.4, 0.5) is 0 Å². The highest BCUT2D eigenvalue weighted by Crippen LogP contribution is 2.71. The number of fused-ring (bicyclic) bond motifs is 1. The molecule has 1 aromatic carbocycles. The summed E-state index contributed by atoms with van der Waals surface area (Å²) in [6.07, 6.45) is 10.2. The van der Waals surface area contributed by atoms with Gasteiger partial charge in [-0.25, -0.2) is 0 Å². The van der Waals surface area contributed by atoms with Crippen molar-refractivity contribution in [2.24, 2.45) is 40.9 Å². The van der Waals surface area contributed by atoms with E-state index in [4.69, 9.17) is 4.74 Å². The van der Waals surface area contributed by atoms with Gasteiger partial charge >= 0.3 is 0 Å². The molecule has 4 bridgehead atoms. The molecule has 0 N–H and O–H groups in total. The molecule has 4 saturated carbocycles. The Morgan fingerprint density at radius 1 is 0.933 bits per heavy atom. The average Bonchev–Trinajstić information content (AvgIpc) is 3.20. The van der Waals surface area contributed by atoms with Crippen LogP contribution in [0.1, 0.15) is 51.5 Å². The summed E-state index contributed by atoms with van der Waals surface area (Å²) in [4.78, 5) is 26.6. The van der Waals surface area contributed by atoms with Gasteiger partial charge in [0.2, 0.25) is 0 Å². The first kappa shape index (κ1) is 18.6. The lowest BCUT2D eigenvalue weighted by Gasteiger charge is -2.67. The Hall–Kier alpha value is -2.16. The number of carbonyl (C=O) groups is 2. The van der Waals surface area contributed by atoms with E-state index in [1.165, 1.54) is 32.1 Å². The van der Waals surface area contributed by atoms with Gasteiger partial charge in [0.05, 0.1) is 12.2 Å². The molecule has 3 heteroatoms. The van der Waals surface area contributed by atoms with E-state index < -0.39 is 0 Å². The third kappa shape index (κ3) is 2.27. The van der Waals surface area contributed by atoms with Gasteiger partial charge in [-0.1, -0.05) is 30.3 Å². The number of benzene rings is 1. The molecular formula is C27H30O3. The van der Waals surface area contributed by atoms with E-state index in [0.29, 0.717) is 11.8 Å². The predicted molar refractivity (Wildman–Crippen MR) is 115 cm³/mol. The van der Waals surface area contributed by atoms with E-state index in [9.17, 15) is 9.59 Å². The third-order valence-corrected chi connectivity index (χ3v) is 9.17. The highest BCUT2D eigenvalue weighted by Gasteiger charge is 2.69. The zero-order valence-corrected chi connectivity index (χ0v) is 17.8. The molecule has 0 radical (unpaired) electrons. The van der Waals surface area contributed by atoms with Crippen LogP contribution in [-0.2, 0) is 14.3 Å². The van der Waals surface area contributed by atoms with Crippen LogP contribution in [0.3, 0.4) is 0 Å². The summed E-state index contributed by atoms with van der Waals surface area (Å²) >= 11 is 0. The molecule has 0 aromatic heterocycles. The Labute approximate surface area is 178 Å². The smallest absolute Gasteiger partial charge is 0.156 e. The van der Waals surface area contributed by atoms with E-state index >= 15 is 0 Å². The lowest BCUT2D eigenvalue weighted by Crippen LogP contribution is -2.66. The maximum atomic E-state index is 13.4. The molecule has 1 heterocycles. The van der Waals surface area contributed by atoms with Crippen molar-refractivity contribution < 1.29 is 14.3 Å². The van der Waals surface area contributed by atoms with Crippen molar-refractivity contribution in [1.82, 2.24) is 0 Å². The van der Waals surface area contributed by atoms with E-state index in [-0.39, 0.29) is 34.9 Å². The van der Waals surface area contributed by atoms with Crippen molar-refractivity contribution in [2.45, 2.75) is 52.1 Å². The fourth-order valence-corrected chi connectivity index (χ4v) is 8.68. The van der Waals surface area contributed by atoms with E-state index in [0.717, 1.165) is 28.5 Å². The number of ketones is 2. The van der Waals surface area contributed by atoms with Crippen molar-refractivity contribution in [3.05, 3.63) is 53.8 Å². The predicted octanol–water partition coefficient (Wildman–Crippen LogP) is 5.22. The maximum Gasteiger partial charge on any atom is 0.156 e. The Bertz CT molecular complexity index is 941. The van der Waals surface area contributed by atoms with E-state index in [1.807, 2.05) is 24.5 Å². The molecule has 156 valence electrons. The summed E-state index contributed by atoms with van der Waals surface area (Å²) < 4.78 is 6.42. The van der Waals surface area contributed by atoms with Gasteiger partial charge in [-0.05, 0) is 86.8 Å². The van der Waals surface area contributed by atoms with Gasteiger partial charge in [0, 0.05) is 16.9 Å². The van der Waals surface area contributed by atoms with Gasteiger partial charge in [-0.3, -0.25) is 9.59 Å². The quantitative estimate of drug-likeness (QED) is 0.696. The zero-order chi connectivity index (χ0) is 20.6. The lowest BCUT2D eigenvalue weighted by molar-refractivity contribution is -0.196. The first-order valence-electron chi connectivity index (χ1n) is 11.6. The molecule has 5 aliphatic carbocycles. The molecule has 4 fully saturated rings. The van der Waals surface area contributed by atoms with Crippen LogP contribution in [0.5, 0.6) is 0 Å². The molecule has 0 amide bonds. The summed E-state index contributed by atoms with van der Waals surface area (Å²) in [6, 6.07) is 10.2. The average molecular weight is 403 g/mol. The monoisotopic (exact) mass is 402 g/mol. The van der Waals surface area contributed by atoms with Crippen LogP contribution in [0, 0.1) is 40.9 Å².